The van der Waals surface area contributed by atoms with Gasteiger partial charge in [-0.2, -0.15) is 16.1 Å². The second kappa shape index (κ2) is 8.07. The van der Waals surface area contributed by atoms with E-state index in [1.54, 1.807) is 31.1 Å². The quantitative estimate of drug-likeness (QED) is 0.682. The fraction of sp³-hybridized carbons (Fsp3) is 0.692. The average Bonchev–Trinajstić information content (AvgIpc) is 2.88. The minimum atomic E-state index is -3.41. The van der Waals surface area contributed by atoms with E-state index in [0.29, 0.717) is 11.4 Å². The Bertz CT molecular complexity index is 499. The zero-order chi connectivity index (χ0) is 15.2. The molecule has 0 aliphatic heterocycles. The van der Waals surface area contributed by atoms with Crippen LogP contribution >= 0.6 is 11.8 Å². The molecule has 0 bridgehead atoms. The summed E-state index contributed by atoms with van der Waals surface area (Å²) < 4.78 is 26.4. The third kappa shape index (κ3) is 4.51. The van der Waals surface area contributed by atoms with Gasteiger partial charge in [0.25, 0.3) is 0 Å². The molecule has 0 saturated carbocycles. The molecule has 0 fully saturated rings. The molecule has 1 aromatic heterocycles. The first-order chi connectivity index (χ1) is 9.43. The SMILES string of the molecule is CCCNCc1cc(S(=O)(=O)N(C)C(C)CSC)c[nH]1. The Balaban J connectivity index is 2.77. The van der Waals surface area contributed by atoms with E-state index in [2.05, 4.69) is 17.2 Å². The number of hydrogen-bond donors (Lipinski definition) is 2. The zero-order valence-electron chi connectivity index (χ0n) is 12.6. The van der Waals surface area contributed by atoms with Crippen molar-refractivity contribution in [3.05, 3.63) is 18.0 Å². The third-order valence-electron chi connectivity index (χ3n) is 3.16. The maximum atomic E-state index is 12.5. The van der Waals surface area contributed by atoms with E-state index in [-0.39, 0.29) is 6.04 Å². The first-order valence-electron chi connectivity index (χ1n) is 6.78. The van der Waals surface area contributed by atoms with Crippen molar-refractivity contribution in [2.45, 2.75) is 37.8 Å². The molecule has 1 heterocycles. The maximum absolute atomic E-state index is 12.5. The summed E-state index contributed by atoms with van der Waals surface area (Å²) in [5, 5.41) is 3.25. The molecule has 0 radical (unpaired) electrons. The first kappa shape index (κ1) is 17.6. The number of sulfonamides is 1. The highest BCUT2D eigenvalue weighted by Gasteiger charge is 2.25. The largest absolute Gasteiger partial charge is 0.363 e. The van der Waals surface area contributed by atoms with Gasteiger partial charge < -0.3 is 10.3 Å². The van der Waals surface area contributed by atoms with Gasteiger partial charge in [-0.05, 0) is 32.2 Å². The molecule has 116 valence electrons. The number of rotatable bonds is 9. The Morgan fingerprint density at radius 3 is 2.80 bits per heavy atom. The molecule has 0 spiro atoms. The van der Waals surface area contributed by atoms with Crippen LogP contribution in [-0.4, -0.2) is 49.3 Å². The summed E-state index contributed by atoms with van der Waals surface area (Å²) in [5.41, 5.74) is 0.892. The Morgan fingerprint density at radius 1 is 1.50 bits per heavy atom. The van der Waals surface area contributed by atoms with Crippen molar-refractivity contribution in [1.82, 2.24) is 14.6 Å². The minimum Gasteiger partial charge on any atom is -0.363 e. The number of aromatic amines is 1. The normalized spacial score (nSPS) is 13.8. The van der Waals surface area contributed by atoms with Crippen molar-refractivity contribution in [3.8, 4) is 0 Å². The van der Waals surface area contributed by atoms with Gasteiger partial charge in [-0.3, -0.25) is 0 Å². The van der Waals surface area contributed by atoms with Crippen molar-refractivity contribution in [3.63, 3.8) is 0 Å². The van der Waals surface area contributed by atoms with E-state index in [1.807, 2.05) is 13.2 Å². The summed E-state index contributed by atoms with van der Waals surface area (Å²) in [6.07, 6.45) is 4.60. The van der Waals surface area contributed by atoms with E-state index in [4.69, 9.17) is 0 Å². The Hall–Kier alpha value is -0.500. The number of nitrogens with one attached hydrogen (secondary N) is 2. The Labute approximate surface area is 126 Å². The van der Waals surface area contributed by atoms with E-state index < -0.39 is 10.0 Å². The van der Waals surface area contributed by atoms with Gasteiger partial charge in [-0.15, -0.1) is 0 Å². The summed E-state index contributed by atoms with van der Waals surface area (Å²) in [6.45, 7) is 5.60. The molecule has 2 N–H and O–H groups in total. The lowest BCUT2D eigenvalue weighted by Gasteiger charge is -2.22. The van der Waals surface area contributed by atoms with Gasteiger partial charge in [0.1, 0.15) is 0 Å². The molecule has 1 rings (SSSR count). The molecular formula is C13H25N3O2S2. The lowest BCUT2D eigenvalue weighted by molar-refractivity contribution is 0.415. The van der Waals surface area contributed by atoms with E-state index in [9.17, 15) is 8.42 Å². The number of hydrogen-bond acceptors (Lipinski definition) is 4. The topological polar surface area (TPSA) is 65.2 Å². The van der Waals surface area contributed by atoms with E-state index in [1.165, 1.54) is 4.31 Å². The van der Waals surface area contributed by atoms with Crippen LogP contribution in [0.2, 0.25) is 0 Å². The van der Waals surface area contributed by atoms with Crippen LogP contribution in [0.1, 0.15) is 26.0 Å². The molecule has 0 aliphatic rings. The lowest BCUT2D eigenvalue weighted by Crippen LogP contribution is -2.36. The van der Waals surface area contributed by atoms with Crippen molar-refractivity contribution in [2.24, 2.45) is 0 Å². The Morgan fingerprint density at radius 2 is 2.20 bits per heavy atom. The first-order valence-corrected chi connectivity index (χ1v) is 9.61. The van der Waals surface area contributed by atoms with Gasteiger partial charge in [-0.25, -0.2) is 8.42 Å². The number of aromatic nitrogens is 1. The molecule has 7 heteroatoms. The maximum Gasteiger partial charge on any atom is 0.244 e. The third-order valence-corrected chi connectivity index (χ3v) is 5.93. The van der Waals surface area contributed by atoms with Crippen LogP contribution in [0.15, 0.2) is 17.2 Å². The van der Waals surface area contributed by atoms with Gasteiger partial charge in [0.05, 0.1) is 4.90 Å². The molecule has 1 aromatic rings. The van der Waals surface area contributed by atoms with Crippen LogP contribution < -0.4 is 5.32 Å². The van der Waals surface area contributed by atoms with Gasteiger partial charge >= 0.3 is 0 Å². The van der Waals surface area contributed by atoms with E-state index >= 15 is 0 Å². The Kier molecular flexibility index (Phi) is 7.08. The standard InChI is InChI=1S/C13H25N3O2S2/c1-5-6-14-8-12-7-13(9-15-12)20(17,18)16(3)11(2)10-19-4/h7,9,11,14-15H,5-6,8,10H2,1-4H3. The predicted octanol–water partition coefficient (Wildman–Crippen LogP) is 1.89. The molecular weight excluding hydrogens is 294 g/mol. The highest BCUT2D eigenvalue weighted by Crippen LogP contribution is 2.18. The van der Waals surface area contributed by atoms with Gasteiger partial charge in [0.2, 0.25) is 10.0 Å². The highest BCUT2D eigenvalue weighted by molar-refractivity contribution is 7.98. The van der Waals surface area contributed by atoms with Crippen LogP contribution in [0.25, 0.3) is 0 Å². The molecule has 0 aromatic carbocycles. The molecule has 5 nitrogen and oxygen atoms in total. The summed E-state index contributed by atoms with van der Waals surface area (Å²) >= 11 is 1.64. The average molecular weight is 319 g/mol. The van der Waals surface area contributed by atoms with Gasteiger partial charge in [0, 0.05) is 37.3 Å². The predicted molar refractivity (Wildman–Crippen MR) is 85.6 cm³/mol. The molecule has 0 saturated heterocycles. The van der Waals surface area contributed by atoms with Crippen molar-refractivity contribution < 1.29 is 8.42 Å². The summed E-state index contributed by atoms with van der Waals surface area (Å²) in [4.78, 5) is 3.36. The molecule has 0 aliphatic carbocycles. The molecule has 0 amide bonds. The van der Waals surface area contributed by atoms with Gasteiger partial charge in [-0.1, -0.05) is 6.92 Å². The molecule has 1 unspecified atom stereocenters. The zero-order valence-corrected chi connectivity index (χ0v) is 14.3. The van der Waals surface area contributed by atoms with Crippen LogP contribution in [-0.2, 0) is 16.6 Å². The summed E-state index contributed by atoms with van der Waals surface area (Å²) in [6, 6.07) is 1.69. The monoisotopic (exact) mass is 319 g/mol. The van der Waals surface area contributed by atoms with Crippen LogP contribution in [0, 0.1) is 0 Å². The molecule has 20 heavy (non-hydrogen) atoms. The van der Waals surface area contributed by atoms with Crippen molar-refractivity contribution >= 4 is 21.8 Å². The van der Waals surface area contributed by atoms with Crippen molar-refractivity contribution in [2.75, 3.05) is 25.6 Å². The fourth-order valence-corrected chi connectivity index (χ4v) is 4.00. The summed E-state index contributed by atoms with van der Waals surface area (Å²) in [5.74, 6) is 0.783. The highest BCUT2D eigenvalue weighted by atomic mass is 32.2. The van der Waals surface area contributed by atoms with Crippen molar-refractivity contribution in [1.29, 1.82) is 0 Å². The second-order valence-corrected chi connectivity index (χ2v) is 7.77. The second-order valence-electron chi connectivity index (χ2n) is 4.86. The van der Waals surface area contributed by atoms with Crippen LogP contribution in [0.4, 0.5) is 0 Å². The lowest BCUT2D eigenvalue weighted by atomic mass is 10.4. The van der Waals surface area contributed by atoms with E-state index in [0.717, 1.165) is 24.4 Å². The minimum absolute atomic E-state index is 0.0217. The fourth-order valence-electron chi connectivity index (χ4n) is 1.82. The number of nitrogens with zero attached hydrogens (tertiary/aromatic N) is 1. The summed E-state index contributed by atoms with van der Waals surface area (Å²) in [7, 11) is -1.77. The van der Waals surface area contributed by atoms with Gasteiger partial charge in [0.15, 0.2) is 0 Å². The van der Waals surface area contributed by atoms with Crippen LogP contribution in [0.3, 0.4) is 0 Å². The number of H-pyrrole nitrogens is 1. The molecule has 1 atom stereocenters. The number of thioether (sulfide) groups is 1. The smallest absolute Gasteiger partial charge is 0.244 e. The van der Waals surface area contributed by atoms with Crippen LogP contribution in [0.5, 0.6) is 0 Å².